The third kappa shape index (κ3) is 6.58. The fourth-order valence-electron chi connectivity index (χ4n) is 3.12. The van der Waals surface area contributed by atoms with Crippen molar-refractivity contribution in [3.8, 4) is 0 Å². The number of aromatic nitrogens is 1. The molecular formula is C16H26F3IN4S. The minimum Gasteiger partial charge on any atom is -0.356 e. The molecule has 1 heterocycles. The van der Waals surface area contributed by atoms with E-state index in [0.717, 1.165) is 29.7 Å². The van der Waals surface area contributed by atoms with E-state index in [-0.39, 0.29) is 24.0 Å². The lowest BCUT2D eigenvalue weighted by Crippen LogP contribution is -2.43. The maximum atomic E-state index is 12.5. The largest absolute Gasteiger partial charge is 0.434 e. The molecule has 0 saturated heterocycles. The van der Waals surface area contributed by atoms with Crippen molar-refractivity contribution < 1.29 is 13.2 Å². The van der Waals surface area contributed by atoms with Crippen LogP contribution in [0.3, 0.4) is 0 Å². The van der Waals surface area contributed by atoms with Crippen LogP contribution in [0.15, 0.2) is 10.4 Å². The molecular weight excluding hydrogens is 464 g/mol. The molecule has 0 amide bonds. The van der Waals surface area contributed by atoms with Gasteiger partial charge in [0.15, 0.2) is 11.7 Å². The van der Waals surface area contributed by atoms with E-state index in [4.69, 9.17) is 0 Å². The smallest absolute Gasteiger partial charge is 0.356 e. The highest BCUT2D eigenvalue weighted by atomic mass is 127. The average Bonchev–Trinajstić information content (AvgIpc) is 3.20. The molecule has 144 valence electrons. The molecule has 1 saturated carbocycles. The summed E-state index contributed by atoms with van der Waals surface area (Å²) in [4.78, 5) is 7.82. The highest BCUT2D eigenvalue weighted by Crippen LogP contribution is 2.40. The Morgan fingerprint density at radius 2 is 2.00 bits per heavy atom. The number of thiazole rings is 1. The number of halogens is 4. The number of hydrogen-bond acceptors (Lipinski definition) is 3. The van der Waals surface area contributed by atoms with Crippen molar-refractivity contribution in [3.05, 3.63) is 16.1 Å². The number of guanidine groups is 1. The first-order valence-corrected chi connectivity index (χ1v) is 9.23. The Bertz CT molecular complexity index is 554. The van der Waals surface area contributed by atoms with Gasteiger partial charge >= 0.3 is 6.18 Å². The summed E-state index contributed by atoms with van der Waals surface area (Å²) in [6.45, 7) is 3.62. The van der Waals surface area contributed by atoms with Gasteiger partial charge in [0.05, 0.1) is 5.01 Å². The predicted octanol–water partition coefficient (Wildman–Crippen LogP) is 4.46. The Balaban J connectivity index is 0.00000312. The van der Waals surface area contributed by atoms with Crippen molar-refractivity contribution in [2.24, 2.45) is 10.4 Å². The SMILES string of the molecule is CCC1(CNC(=NC)NCCc2nc(C(F)(F)F)cs2)CCCC1.I. The van der Waals surface area contributed by atoms with Gasteiger partial charge in [0.25, 0.3) is 0 Å². The molecule has 1 aliphatic rings. The van der Waals surface area contributed by atoms with Crippen molar-refractivity contribution in [1.82, 2.24) is 15.6 Å². The van der Waals surface area contributed by atoms with E-state index < -0.39 is 11.9 Å². The number of nitrogens with one attached hydrogen (secondary N) is 2. The molecule has 0 aromatic carbocycles. The number of hydrogen-bond donors (Lipinski definition) is 2. The summed E-state index contributed by atoms with van der Waals surface area (Å²) < 4.78 is 37.6. The second-order valence-corrected chi connectivity index (χ2v) is 7.23. The van der Waals surface area contributed by atoms with Crippen LogP contribution in [0, 0.1) is 5.41 Å². The third-order valence-corrected chi connectivity index (χ3v) is 5.65. The fraction of sp³-hybridized carbons (Fsp3) is 0.750. The molecule has 1 aromatic rings. The number of rotatable bonds is 6. The van der Waals surface area contributed by atoms with Crippen LogP contribution < -0.4 is 10.6 Å². The summed E-state index contributed by atoms with van der Waals surface area (Å²) in [7, 11) is 1.70. The van der Waals surface area contributed by atoms with E-state index in [1.54, 1.807) is 7.05 Å². The van der Waals surface area contributed by atoms with Crippen LogP contribution in [0.4, 0.5) is 13.2 Å². The molecule has 2 rings (SSSR count). The van der Waals surface area contributed by atoms with Gasteiger partial charge in [-0.05, 0) is 24.7 Å². The van der Waals surface area contributed by atoms with E-state index >= 15 is 0 Å². The summed E-state index contributed by atoms with van der Waals surface area (Å²) in [6, 6.07) is 0. The summed E-state index contributed by atoms with van der Waals surface area (Å²) in [5.74, 6) is 0.697. The number of nitrogens with zero attached hydrogens (tertiary/aromatic N) is 2. The van der Waals surface area contributed by atoms with Gasteiger partial charge in [0.1, 0.15) is 0 Å². The molecule has 4 nitrogen and oxygen atoms in total. The topological polar surface area (TPSA) is 49.3 Å². The molecule has 1 aliphatic carbocycles. The van der Waals surface area contributed by atoms with Gasteiger partial charge in [-0.1, -0.05) is 19.8 Å². The molecule has 0 radical (unpaired) electrons. The highest BCUT2D eigenvalue weighted by Gasteiger charge is 2.33. The predicted molar refractivity (Wildman–Crippen MR) is 107 cm³/mol. The van der Waals surface area contributed by atoms with Gasteiger partial charge in [0.2, 0.25) is 0 Å². The zero-order valence-electron chi connectivity index (χ0n) is 14.6. The second-order valence-electron chi connectivity index (χ2n) is 6.29. The normalized spacial score (nSPS) is 17.2. The first-order valence-electron chi connectivity index (χ1n) is 8.35. The molecule has 0 atom stereocenters. The molecule has 25 heavy (non-hydrogen) atoms. The summed E-state index contributed by atoms with van der Waals surface area (Å²) in [6.07, 6.45) is 2.28. The molecule has 1 aromatic heterocycles. The van der Waals surface area contributed by atoms with E-state index in [1.165, 1.54) is 25.7 Å². The zero-order valence-corrected chi connectivity index (χ0v) is 17.7. The lowest BCUT2D eigenvalue weighted by atomic mass is 9.83. The third-order valence-electron chi connectivity index (χ3n) is 4.74. The van der Waals surface area contributed by atoms with Crippen molar-refractivity contribution in [3.63, 3.8) is 0 Å². The summed E-state index contributed by atoms with van der Waals surface area (Å²) in [5, 5.41) is 8.06. The van der Waals surface area contributed by atoms with Gasteiger partial charge in [-0.25, -0.2) is 4.98 Å². The van der Waals surface area contributed by atoms with Crippen molar-refractivity contribution in [1.29, 1.82) is 0 Å². The van der Waals surface area contributed by atoms with Crippen LogP contribution in [-0.4, -0.2) is 31.1 Å². The van der Waals surface area contributed by atoms with Crippen molar-refractivity contribution >= 4 is 41.3 Å². The lowest BCUT2D eigenvalue weighted by Gasteiger charge is -2.28. The second kappa shape index (κ2) is 9.94. The first kappa shape index (κ1) is 22.5. The van der Waals surface area contributed by atoms with Crippen molar-refractivity contribution in [2.45, 2.75) is 51.6 Å². The van der Waals surface area contributed by atoms with Gasteiger partial charge in [-0.15, -0.1) is 35.3 Å². The number of aliphatic imine (C=N–C) groups is 1. The molecule has 0 bridgehead atoms. The first-order chi connectivity index (χ1) is 11.4. The molecule has 1 fully saturated rings. The lowest BCUT2D eigenvalue weighted by molar-refractivity contribution is -0.140. The van der Waals surface area contributed by atoms with E-state index in [0.29, 0.717) is 29.3 Å². The Morgan fingerprint density at radius 3 is 2.52 bits per heavy atom. The van der Waals surface area contributed by atoms with Gasteiger partial charge in [0, 0.05) is 31.9 Å². The summed E-state index contributed by atoms with van der Waals surface area (Å²) >= 11 is 1.04. The molecule has 0 unspecified atom stereocenters. The molecule has 0 spiro atoms. The Hall–Kier alpha value is -0.580. The summed E-state index contributed by atoms with van der Waals surface area (Å²) in [5.41, 5.74) is -0.453. The van der Waals surface area contributed by atoms with E-state index in [2.05, 4.69) is 27.5 Å². The van der Waals surface area contributed by atoms with Crippen LogP contribution >= 0.6 is 35.3 Å². The Morgan fingerprint density at radius 1 is 1.32 bits per heavy atom. The Kier molecular flexibility index (Phi) is 8.93. The molecule has 9 heteroatoms. The molecule has 0 aliphatic heterocycles. The quantitative estimate of drug-likeness (QED) is 0.352. The van der Waals surface area contributed by atoms with Gasteiger partial charge in [-0.3, -0.25) is 4.99 Å². The van der Waals surface area contributed by atoms with Gasteiger partial charge < -0.3 is 10.6 Å². The Labute approximate surface area is 168 Å². The van der Waals surface area contributed by atoms with Crippen LogP contribution in [-0.2, 0) is 12.6 Å². The molecule has 2 N–H and O–H groups in total. The average molecular weight is 490 g/mol. The maximum absolute atomic E-state index is 12.5. The zero-order chi connectivity index (χ0) is 17.6. The number of alkyl halides is 3. The van der Waals surface area contributed by atoms with Gasteiger partial charge in [-0.2, -0.15) is 13.2 Å². The maximum Gasteiger partial charge on any atom is 0.434 e. The van der Waals surface area contributed by atoms with Crippen LogP contribution in [0.2, 0.25) is 0 Å². The standard InChI is InChI=1S/C16H25F3N4S.HI/c1-3-15(7-4-5-8-15)11-22-14(20-2)21-9-6-13-23-12(10-24-13)16(17,18)19;/h10H,3-9,11H2,1-2H3,(H2,20,21,22);1H. The highest BCUT2D eigenvalue weighted by molar-refractivity contribution is 14.0. The monoisotopic (exact) mass is 490 g/mol. The van der Waals surface area contributed by atoms with E-state index in [1.807, 2.05) is 0 Å². The van der Waals surface area contributed by atoms with E-state index in [9.17, 15) is 13.2 Å². The van der Waals surface area contributed by atoms with Crippen LogP contribution in [0.1, 0.15) is 49.7 Å². The minimum atomic E-state index is -4.37. The van der Waals surface area contributed by atoms with Crippen molar-refractivity contribution in [2.75, 3.05) is 20.1 Å². The van der Waals surface area contributed by atoms with Crippen LogP contribution in [0.5, 0.6) is 0 Å². The fourth-order valence-corrected chi connectivity index (χ4v) is 3.92. The minimum absolute atomic E-state index is 0. The van der Waals surface area contributed by atoms with Crippen LogP contribution in [0.25, 0.3) is 0 Å².